The molecule has 2 aliphatic heterocycles. The Balaban J connectivity index is 1.60. The number of thioether (sulfide) groups is 2. The lowest BCUT2D eigenvalue weighted by molar-refractivity contribution is -0.950. The first-order valence-electron chi connectivity index (χ1n) is 13.5. The number of carbonyl (C=O) groups is 1. The van der Waals surface area contributed by atoms with E-state index >= 15 is 0 Å². The monoisotopic (exact) mass is 523 g/mol. The Morgan fingerprint density at radius 3 is 1.83 bits per heavy atom. The highest BCUT2D eigenvalue weighted by molar-refractivity contribution is 7.99. The molecule has 0 N–H and O–H groups in total. The fourth-order valence-corrected chi connectivity index (χ4v) is 6.65. The molecule has 7 heteroatoms. The van der Waals surface area contributed by atoms with Gasteiger partial charge in [-0.15, -0.1) is 0 Å². The van der Waals surface area contributed by atoms with Crippen molar-refractivity contribution >= 4 is 29.4 Å². The van der Waals surface area contributed by atoms with Gasteiger partial charge < -0.3 is 18.9 Å². The number of carbonyl (C=O) groups excluding carboxylic acids is 1. The summed E-state index contributed by atoms with van der Waals surface area (Å²) < 4.78 is 12.3. The van der Waals surface area contributed by atoms with Crippen LogP contribution in [0.4, 0.5) is 0 Å². The standard InChI is InChI=1S/C28H47N2O3S2/c1-7-32-28(33-8-2)10-9-27(31)29-11-13-30(14-12-29)17-23-15-25(19-34-21(3)4)26(16-24(23)18-30)20-35-22(5)6/h15-16,21-22,28H,7-14,17-20H2,1-6H3/q+1. The van der Waals surface area contributed by atoms with E-state index in [2.05, 4.69) is 44.7 Å². The normalized spacial score (nSPS) is 17.2. The van der Waals surface area contributed by atoms with Crippen molar-refractivity contribution in [1.82, 2.24) is 4.90 Å². The van der Waals surface area contributed by atoms with Crippen LogP contribution < -0.4 is 0 Å². The largest absolute Gasteiger partial charge is 0.353 e. The lowest BCUT2D eigenvalue weighted by Crippen LogP contribution is -2.57. The van der Waals surface area contributed by atoms with Crippen molar-refractivity contribution in [1.29, 1.82) is 0 Å². The Kier molecular flexibility index (Phi) is 11.3. The van der Waals surface area contributed by atoms with Gasteiger partial charge in [0.05, 0.1) is 26.2 Å². The van der Waals surface area contributed by atoms with Crippen LogP contribution in [-0.4, -0.2) is 71.5 Å². The highest BCUT2D eigenvalue weighted by Gasteiger charge is 2.40. The lowest BCUT2D eigenvalue weighted by Gasteiger charge is -2.42. The third kappa shape index (κ3) is 8.39. The molecule has 1 saturated heterocycles. The van der Waals surface area contributed by atoms with E-state index in [4.69, 9.17) is 9.47 Å². The van der Waals surface area contributed by atoms with E-state index in [1.807, 2.05) is 37.4 Å². The van der Waals surface area contributed by atoms with Crippen molar-refractivity contribution in [2.45, 2.75) is 95.8 Å². The Morgan fingerprint density at radius 2 is 1.40 bits per heavy atom. The van der Waals surface area contributed by atoms with E-state index in [-0.39, 0.29) is 12.2 Å². The number of nitrogens with zero attached hydrogens (tertiary/aromatic N) is 2. The molecule has 1 amide bonds. The van der Waals surface area contributed by atoms with Gasteiger partial charge in [0, 0.05) is 48.7 Å². The fraction of sp³-hybridized carbons (Fsp3) is 0.750. The smallest absolute Gasteiger partial charge is 0.223 e. The van der Waals surface area contributed by atoms with Crippen LogP contribution in [0.3, 0.4) is 0 Å². The minimum atomic E-state index is -0.267. The number of hydrogen-bond donors (Lipinski definition) is 0. The van der Waals surface area contributed by atoms with Crippen molar-refractivity contribution in [2.75, 3.05) is 39.4 Å². The van der Waals surface area contributed by atoms with Crippen molar-refractivity contribution in [3.63, 3.8) is 0 Å². The number of rotatable bonds is 13. The molecule has 2 heterocycles. The van der Waals surface area contributed by atoms with Gasteiger partial charge in [0.2, 0.25) is 5.91 Å². The van der Waals surface area contributed by atoms with Gasteiger partial charge in [-0.1, -0.05) is 27.7 Å². The molecule has 0 atom stereocenters. The molecule has 1 spiro atoms. The van der Waals surface area contributed by atoms with Crippen molar-refractivity contribution < 1.29 is 18.8 Å². The van der Waals surface area contributed by atoms with Crippen LogP contribution in [0.2, 0.25) is 0 Å². The molecular formula is C28H47N2O3S2+. The van der Waals surface area contributed by atoms with E-state index in [9.17, 15) is 4.79 Å². The Labute approximate surface area is 222 Å². The zero-order valence-electron chi connectivity index (χ0n) is 22.8. The molecule has 0 bridgehead atoms. The second kappa shape index (κ2) is 13.7. The molecule has 1 fully saturated rings. The van der Waals surface area contributed by atoms with Gasteiger partial charge in [-0.25, -0.2) is 0 Å². The lowest BCUT2D eigenvalue weighted by atomic mass is 10.0. The summed E-state index contributed by atoms with van der Waals surface area (Å²) in [5.74, 6) is 2.45. The zero-order chi connectivity index (χ0) is 25.4. The summed E-state index contributed by atoms with van der Waals surface area (Å²) in [6, 6.07) is 5.04. The number of ether oxygens (including phenoxy) is 2. The summed E-state index contributed by atoms with van der Waals surface area (Å²) in [5.41, 5.74) is 6.14. The van der Waals surface area contributed by atoms with E-state index in [1.165, 1.54) is 11.1 Å². The molecule has 35 heavy (non-hydrogen) atoms. The molecule has 0 saturated carbocycles. The summed E-state index contributed by atoms with van der Waals surface area (Å²) in [6.07, 6.45) is 0.867. The first-order chi connectivity index (χ1) is 16.7. The second-order valence-electron chi connectivity index (χ2n) is 10.5. The predicted octanol–water partition coefficient (Wildman–Crippen LogP) is 5.82. The first-order valence-corrected chi connectivity index (χ1v) is 15.6. The van der Waals surface area contributed by atoms with Gasteiger partial charge in [0.15, 0.2) is 6.29 Å². The highest BCUT2D eigenvalue weighted by atomic mass is 32.2. The molecule has 3 rings (SSSR count). The average molecular weight is 524 g/mol. The van der Waals surface area contributed by atoms with Crippen LogP contribution in [-0.2, 0) is 38.9 Å². The average Bonchev–Trinajstić information content (AvgIpc) is 3.16. The summed E-state index contributed by atoms with van der Waals surface area (Å²) in [6.45, 7) is 20.3. The fourth-order valence-electron chi connectivity index (χ4n) is 5.09. The minimum absolute atomic E-state index is 0.241. The van der Waals surface area contributed by atoms with E-state index in [1.54, 1.807) is 11.1 Å². The first kappa shape index (κ1) is 28.8. The summed E-state index contributed by atoms with van der Waals surface area (Å²) in [5, 5.41) is 1.30. The van der Waals surface area contributed by atoms with Gasteiger partial charge in [-0.3, -0.25) is 4.79 Å². The Bertz CT molecular complexity index is 774. The summed E-state index contributed by atoms with van der Waals surface area (Å²) in [7, 11) is 0. The number of quaternary nitrogens is 1. The quantitative estimate of drug-likeness (QED) is 0.241. The van der Waals surface area contributed by atoms with Crippen molar-refractivity contribution in [3.05, 3.63) is 34.4 Å². The number of fused-ring (bicyclic) bond motifs is 1. The summed E-state index contributed by atoms with van der Waals surface area (Å²) >= 11 is 4.09. The van der Waals surface area contributed by atoms with Gasteiger partial charge in [0.1, 0.15) is 13.1 Å². The van der Waals surface area contributed by atoms with Crippen LogP contribution in [0.15, 0.2) is 12.1 Å². The number of piperazine rings is 1. The Morgan fingerprint density at radius 1 is 0.914 bits per heavy atom. The van der Waals surface area contributed by atoms with E-state index in [0.29, 0.717) is 36.6 Å². The molecular weight excluding hydrogens is 476 g/mol. The summed E-state index contributed by atoms with van der Waals surface area (Å²) in [4.78, 5) is 14.9. The molecule has 0 unspecified atom stereocenters. The number of amides is 1. The molecule has 1 aromatic rings. The molecule has 0 aliphatic carbocycles. The van der Waals surface area contributed by atoms with Crippen LogP contribution in [0.1, 0.15) is 76.6 Å². The van der Waals surface area contributed by atoms with Gasteiger partial charge in [-0.2, -0.15) is 23.5 Å². The van der Waals surface area contributed by atoms with Gasteiger partial charge in [-0.05, 0) is 47.6 Å². The third-order valence-corrected chi connectivity index (χ3v) is 9.31. The minimum Gasteiger partial charge on any atom is -0.353 e. The van der Waals surface area contributed by atoms with Crippen LogP contribution in [0.25, 0.3) is 0 Å². The topological polar surface area (TPSA) is 38.8 Å². The molecule has 2 aliphatic rings. The van der Waals surface area contributed by atoms with Crippen molar-refractivity contribution in [3.8, 4) is 0 Å². The van der Waals surface area contributed by atoms with E-state index < -0.39 is 0 Å². The molecule has 5 nitrogen and oxygen atoms in total. The molecule has 1 aromatic carbocycles. The van der Waals surface area contributed by atoms with Gasteiger partial charge >= 0.3 is 0 Å². The highest BCUT2D eigenvalue weighted by Crippen LogP contribution is 2.36. The maximum absolute atomic E-state index is 12.9. The maximum Gasteiger partial charge on any atom is 0.223 e. The van der Waals surface area contributed by atoms with Gasteiger partial charge in [0.25, 0.3) is 0 Å². The van der Waals surface area contributed by atoms with Crippen LogP contribution in [0, 0.1) is 0 Å². The Hall–Kier alpha value is -0.730. The maximum atomic E-state index is 12.9. The molecule has 0 aromatic heterocycles. The van der Waals surface area contributed by atoms with Crippen LogP contribution >= 0.6 is 23.5 Å². The third-order valence-electron chi connectivity index (χ3n) is 7.02. The van der Waals surface area contributed by atoms with Crippen LogP contribution in [0.5, 0.6) is 0 Å². The molecule has 0 radical (unpaired) electrons. The van der Waals surface area contributed by atoms with E-state index in [0.717, 1.165) is 55.3 Å². The number of benzene rings is 1. The SMILES string of the molecule is CCOC(CCC(=O)N1CC[N+]2(CC1)Cc1cc(CSC(C)C)c(CSC(C)C)cc1C2)OCC. The number of hydrogen-bond acceptors (Lipinski definition) is 5. The zero-order valence-corrected chi connectivity index (χ0v) is 24.4. The van der Waals surface area contributed by atoms with Crippen molar-refractivity contribution in [2.24, 2.45) is 0 Å². The predicted molar refractivity (Wildman–Crippen MR) is 150 cm³/mol. The molecule has 198 valence electrons. The second-order valence-corrected chi connectivity index (χ2v) is 13.6.